The van der Waals surface area contributed by atoms with E-state index in [1.54, 1.807) is 6.07 Å². The summed E-state index contributed by atoms with van der Waals surface area (Å²) >= 11 is 5.85. The molecule has 0 bridgehead atoms. The summed E-state index contributed by atoms with van der Waals surface area (Å²) in [6.45, 7) is 8.35. The first-order valence-corrected chi connectivity index (χ1v) is 12.8. The molecule has 1 aromatic heterocycles. The molecule has 3 heterocycles. The molecule has 0 atom stereocenters. The number of fused-ring (bicyclic) bond motifs is 1. The van der Waals surface area contributed by atoms with Gasteiger partial charge in [0.05, 0.1) is 23.8 Å². The first-order chi connectivity index (χ1) is 17.7. The van der Waals surface area contributed by atoms with E-state index in [0.717, 1.165) is 57.9 Å². The van der Waals surface area contributed by atoms with E-state index < -0.39 is 0 Å². The van der Waals surface area contributed by atoms with Crippen molar-refractivity contribution in [3.63, 3.8) is 0 Å². The lowest BCUT2D eigenvalue weighted by molar-refractivity contribution is 0.213. The highest BCUT2D eigenvalue weighted by Crippen LogP contribution is 2.14. The number of allylic oxidation sites excluding steroid dienone is 1. The van der Waals surface area contributed by atoms with Gasteiger partial charge in [-0.1, -0.05) is 66.7 Å². The summed E-state index contributed by atoms with van der Waals surface area (Å²) in [4.78, 5) is 13.3. The summed E-state index contributed by atoms with van der Waals surface area (Å²) in [5, 5.41) is 7.32. The molecule has 2 aromatic carbocycles. The van der Waals surface area contributed by atoms with Gasteiger partial charge in [-0.05, 0) is 11.1 Å². The Hall–Kier alpha value is -2.66. The SMILES string of the molecule is CC#N.Cl.Cl.ClCCN(CC1=CCC=N1)Cc1ccccc1.c1ccc(CN2CCn3cncc3C2)cc1. The molecule has 0 saturated heterocycles. The molecule has 2 aliphatic heterocycles. The van der Waals surface area contributed by atoms with Crippen LogP contribution < -0.4 is 0 Å². The van der Waals surface area contributed by atoms with Gasteiger partial charge in [0, 0.05) is 77.4 Å². The van der Waals surface area contributed by atoms with Gasteiger partial charge in [0.15, 0.2) is 0 Å². The number of aromatic nitrogens is 2. The van der Waals surface area contributed by atoms with Crippen LogP contribution in [0, 0.1) is 11.3 Å². The summed E-state index contributed by atoms with van der Waals surface area (Å²) in [5.41, 5.74) is 5.18. The van der Waals surface area contributed by atoms with Crippen molar-refractivity contribution in [1.29, 1.82) is 5.26 Å². The lowest BCUT2D eigenvalue weighted by atomic mass is 10.2. The lowest BCUT2D eigenvalue weighted by Gasteiger charge is -2.27. The van der Waals surface area contributed by atoms with Crippen LogP contribution in [0.5, 0.6) is 0 Å². The maximum Gasteiger partial charge on any atom is 0.0949 e. The van der Waals surface area contributed by atoms with Gasteiger partial charge >= 0.3 is 0 Å². The number of alkyl halides is 1. The maximum atomic E-state index is 7.32. The van der Waals surface area contributed by atoms with E-state index in [1.807, 2.05) is 24.8 Å². The van der Waals surface area contributed by atoms with E-state index in [0.29, 0.717) is 5.88 Å². The highest BCUT2D eigenvalue weighted by Gasteiger charge is 2.15. The topological polar surface area (TPSA) is 60.5 Å². The zero-order valence-corrected chi connectivity index (χ0v) is 24.2. The van der Waals surface area contributed by atoms with Crippen LogP contribution in [0.3, 0.4) is 0 Å². The number of imidazole rings is 1. The van der Waals surface area contributed by atoms with E-state index in [-0.39, 0.29) is 24.8 Å². The van der Waals surface area contributed by atoms with E-state index in [4.69, 9.17) is 16.9 Å². The van der Waals surface area contributed by atoms with Crippen LogP contribution in [0.25, 0.3) is 0 Å². The molecule has 0 aliphatic carbocycles. The quantitative estimate of drug-likeness (QED) is 0.293. The average Bonchev–Trinajstić information content (AvgIpc) is 3.58. The van der Waals surface area contributed by atoms with Crippen LogP contribution >= 0.6 is 36.4 Å². The summed E-state index contributed by atoms with van der Waals surface area (Å²) in [5.74, 6) is 0.657. The smallest absolute Gasteiger partial charge is 0.0949 e. The molecule has 204 valence electrons. The Morgan fingerprint density at radius 3 is 2.24 bits per heavy atom. The normalized spacial score (nSPS) is 13.4. The van der Waals surface area contributed by atoms with Crippen molar-refractivity contribution in [3.8, 4) is 6.07 Å². The van der Waals surface area contributed by atoms with Gasteiger partial charge in [-0.15, -0.1) is 36.4 Å². The van der Waals surface area contributed by atoms with Crippen LogP contribution in [0.4, 0.5) is 0 Å². The number of nitrogens with zero attached hydrogens (tertiary/aromatic N) is 6. The van der Waals surface area contributed by atoms with Crippen LogP contribution in [0.2, 0.25) is 0 Å². The minimum absolute atomic E-state index is 0. The first kappa shape index (κ1) is 33.4. The van der Waals surface area contributed by atoms with E-state index in [2.05, 4.69) is 85.0 Å². The van der Waals surface area contributed by atoms with Gasteiger partial charge in [-0.25, -0.2) is 4.98 Å². The molecule has 0 N–H and O–H groups in total. The van der Waals surface area contributed by atoms with Gasteiger partial charge in [0.25, 0.3) is 0 Å². The molecule has 0 fully saturated rings. The van der Waals surface area contributed by atoms with Gasteiger partial charge < -0.3 is 4.57 Å². The predicted octanol–water partition coefficient (Wildman–Crippen LogP) is 6.36. The fraction of sp³-hybridized carbons (Fsp3) is 0.345. The Morgan fingerprint density at radius 1 is 0.974 bits per heavy atom. The maximum absolute atomic E-state index is 7.32. The second kappa shape index (κ2) is 19.4. The monoisotopic (exact) mass is 574 g/mol. The van der Waals surface area contributed by atoms with Gasteiger partial charge in [0.1, 0.15) is 0 Å². The molecule has 0 unspecified atom stereocenters. The van der Waals surface area contributed by atoms with Crippen molar-refractivity contribution in [3.05, 3.63) is 102 Å². The number of nitriles is 1. The van der Waals surface area contributed by atoms with Crippen LogP contribution in [0.15, 0.2) is 90.0 Å². The zero-order valence-electron chi connectivity index (χ0n) is 21.8. The number of hydrogen-bond acceptors (Lipinski definition) is 5. The molecule has 0 saturated carbocycles. The van der Waals surface area contributed by atoms with E-state index in [1.165, 1.54) is 23.7 Å². The molecule has 3 aromatic rings. The Morgan fingerprint density at radius 2 is 1.63 bits per heavy atom. The molecular formula is C29H37Cl3N6. The van der Waals surface area contributed by atoms with Crippen molar-refractivity contribution >= 4 is 42.6 Å². The summed E-state index contributed by atoms with van der Waals surface area (Å²) in [7, 11) is 0. The third kappa shape index (κ3) is 11.8. The first-order valence-electron chi connectivity index (χ1n) is 12.3. The minimum atomic E-state index is 0. The van der Waals surface area contributed by atoms with Gasteiger partial charge in [0.2, 0.25) is 0 Å². The molecule has 5 rings (SSSR count). The van der Waals surface area contributed by atoms with E-state index >= 15 is 0 Å². The molecule has 0 radical (unpaired) electrons. The molecule has 0 spiro atoms. The number of rotatable bonds is 8. The largest absolute Gasteiger partial charge is 0.332 e. The van der Waals surface area contributed by atoms with Crippen molar-refractivity contribution < 1.29 is 0 Å². The Balaban J connectivity index is 0.000000329. The summed E-state index contributed by atoms with van der Waals surface area (Å²) < 4.78 is 2.24. The predicted molar refractivity (Wildman–Crippen MR) is 162 cm³/mol. The highest BCUT2D eigenvalue weighted by atomic mass is 35.5. The fourth-order valence-corrected chi connectivity index (χ4v) is 4.38. The highest BCUT2D eigenvalue weighted by molar-refractivity contribution is 6.18. The number of aliphatic imine (C=N–C) groups is 1. The second-order valence-corrected chi connectivity index (χ2v) is 9.00. The second-order valence-electron chi connectivity index (χ2n) is 8.63. The van der Waals surface area contributed by atoms with Crippen molar-refractivity contribution in [2.45, 2.75) is 39.5 Å². The molecular weight excluding hydrogens is 539 g/mol. The molecule has 9 heteroatoms. The molecule has 38 heavy (non-hydrogen) atoms. The van der Waals surface area contributed by atoms with Gasteiger partial charge in [-0.3, -0.25) is 14.8 Å². The molecule has 0 amide bonds. The Labute approximate surface area is 244 Å². The van der Waals surface area contributed by atoms with Crippen LogP contribution in [-0.2, 0) is 26.2 Å². The molecule has 2 aliphatic rings. The average molecular weight is 576 g/mol. The molecule has 6 nitrogen and oxygen atoms in total. The Bertz CT molecular complexity index is 1130. The minimum Gasteiger partial charge on any atom is -0.332 e. The van der Waals surface area contributed by atoms with Crippen molar-refractivity contribution in [1.82, 2.24) is 19.4 Å². The number of hydrogen-bond donors (Lipinski definition) is 0. The van der Waals surface area contributed by atoms with E-state index in [9.17, 15) is 0 Å². The van der Waals surface area contributed by atoms with Gasteiger partial charge in [-0.2, -0.15) is 5.26 Å². The van der Waals surface area contributed by atoms with Crippen molar-refractivity contribution in [2.75, 3.05) is 25.5 Å². The Kier molecular flexibility index (Phi) is 17.0. The summed E-state index contributed by atoms with van der Waals surface area (Å²) in [6, 6.07) is 22.9. The number of benzene rings is 2. The van der Waals surface area contributed by atoms with Crippen molar-refractivity contribution in [2.24, 2.45) is 4.99 Å². The third-order valence-electron chi connectivity index (χ3n) is 5.84. The zero-order chi connectivity index (χ0) is 25.4. The lowest BCUT2D eigenvalue weighted by Crippen LogP contribution is -2.32. The fourth-order valence-electron chi connectivity index (χ4n) is 4.14. The number of halogens is 3. The van der Waals surface area contributed by atoms with Crippen LogP contribution in [0.1, 0.15) is 30.2 Å². The summed E-state index contributed by atoms with van der Waals surface area (Å²) in [6.07, 6.45) is 8.99. The van der Waals surface area contributed by atoms with Crippen LogP contribution in [-0.4, -0.2) is 51.1 Å². The third-order valence-corrected chi connectivity index (χ3v) is 6.01. The standard InChI is InChI=1S/C14H17ClN2.C13H15N3.C2H3N.2ClH/c15-8-10-17(12-14-7-4-9-16-14)11-13-5-2-1-3-6-13;1-2-4-12(5-3-1)9-15-6-7-16-11-14-8-13(16)10-15;1-2-3;;/h1-3,5-7,9H,4,8,10-12H2;1-5,8,11H,6-7,9-10H2;1H3;2*1H.